The number of amidine groups is 1. The SMILES string of the molecule is Cc1cccc(Oc2ccc(/C(N)=N/O)c(Br)c2F)c1C. The Labute approximate surface area is 130 Å². The van der Waals surface area contributed by atoms with Gasteiger partial charge in [-0.05, 0) is 59.1 Å². The van der Waals surface area contributed by atoms with Gasteiger partial charge in [0.05, 0.1) is 4.47 Å². The highest BCUT2D eigenvalue weighted by Crippen LogP contribution is 2.33. The Morgan fingerprint density at radius 3 is 2.62 bits per heavy atom. The minimum absolute atomic E-state index is 0.0602. The number of benzene rings is 2. The zero-order chi connectivity index (χ0) is 15.6. The minimum atomic E-state index is -0.611. The number of rotatable bonds is 3. The molecule has 0 aliphatic rings. The van der Waals surface area contributed by atoms with Crippen LogP contribution in [0.4, 0.5) is 4.39 Å². The summed E-state index contributed by atoms with van der Waals surface area (Å²) in [7, 11) is 0. The maximum Gasteiger partial charge on any atom is 0.180 e. The lowest BCUT2D eigenvalue weighted by Gasteiger charge is -2.13. The van der Waals surface area contributed by atoms with Crippen LogP contribution in [0.3, 0.4) is 0 Å². The van der Waals surface area contributed by atoms with Crippen molar-refractivity contribution in [2.75, 3.05) is 0 Å². The molecule has 0 unspecified atom stereocenters. The van der Waals surface area contributed by atoms with E-state index in [1.165, 1.54) is 12.1 Å². The van der Waals surface area contributed by atoms with E-state index in [1.54, 1.807) is 6.07 Å². The summed E-state index contributed by atoms with van der Waals surface area (Å²) in [6.45, 7) is 3.86. The summed E-state index contributed by atoms with van der Waals surface area (Å²) in [6, 6.07) is 8.52. The zero-order valence-corrected chi connectivity index (χ0v) is 13.1. The molecule has 2 rings (SSSR count). The van der Waals surface area contributed by atoms with Crippen molar-refractivity contribution < 1.29 is 14.3 Å². The van der Waals surface area contributed by atoms with Gasteiger partial charge in [-0.15, -0.1) is 0 Å². The van der Waals surface area contributed by atoms with E-state index in [0.717, 1.165) is 11.1 Å². The van der Waals surface area contributed by atoms with Gasteiger partial charge in [0.2, 0.25) is 0 Å². The number of nitrogens with zero attached hydrogens (tertiary/aromatic N) is 1. The van der Waals surface area contributed by atoms with Crippen molar-refractivity contribution in [3.05, 3.63) is 57.3 Å². The lowest BCUT2D eigenvalue weighted by Crippen LogP contribution is -2.14. The second-order valence-electron chi connectivity index (χ2n) is 4.52. The Morgan fingerprint density at radius 2 is 1.95 bits per heavy atom. The van der Waals surface area contributed by atoms with Crippen molar-refractivity contribution >= 4 is 21.8 Å². The first-order chi connectivity index (χ1) is 9.95. The monoisotopic (exact) mass is 352 g/mol. The van der Waals surface area contributed by atoms with Crippen LogP contribution in [0.15, 0.2) is 40.0 Å². The van der Waals surface area contributed by atoms with Crippen molar-refractivity contribution in [3.8, 4) is 11.5 Å². The smallest absolute Gasteiger partial charge is 0.180 e. The second kappa shape index (κ2) is 6.13. The molecule has 3 N–H and O–H groups in total. The average molecular weight is 353 g/mol. The van der Waals surface area contributed by atoms with Crippen LogP contribution in [-0.4, -0.2) is 11.0 Å². The first kappa shape index (κ1) is 15.3. The molecule has 0 aromatic heterocycles. The van der Waals surface area contributed by atoms with Gasteiger partial charge in [0.15, 0.2) is 17.4 Å². The van der Waals surface area contributed by atoms with Crippen LogP contribution in [0.1, 0.15) is 16.7 Å². The second-order valence-corrected chi connectivity index (χ2v) is 5.32. The molecule has 0 atom stereocenters. The first-order valence-corrected chi connectivity index (χ1v) is 6.95. The highest BCUT2D eigenvalue weighted by atomic mass is 79.9. The predicted octanol–water partition coefficient (Wildman–Crippen LogP) is 4.09. The van der Waals surface area contributed by atoms with Gasteiger partial charge in [-0.2, -0.15) is 0 Å². The molecule has 0 saturated carbocycles. The molecule has 0 spiro atoms. The van der Waals surface area contributed by atoms with Crippen LogP contribution >= 0.6 is 15.9 Å². The Morgan fingerprint density at radius 1 is 1.24 bits per heavy atom. The van der Waals surface area contributed by atoms with Gasteiger partial charge >= 0.3 is 0 Å². The molecule has 0 fully saturated rings. The van der Waals surface area contributed by atoms with E-state index < -0.39 is 5.82 Å². The van der Waals surface area contributed by atoms with E-state index in [2.05, 4.69) is 21.1 Å². The fourth-order valence-corrected chi connectivity index (χ4v) is 2.35. The molecule has 4 nitrogen and oxygen atoms in total. The van der Waals surface area contributed by atoms with E-state index in [9.17, 15) is 4.39 Å². The average Bonchev–Trinajstić information content (AvgIpc) is 2.48. The van der Waals surface area contributed by atoms with Gasteiger partial charge in [0.25, 0.3) is 0 Å². The molecule has 21 heavy (non-hydrogen) atoms. The van der Waals surface area contributed by atoms with Crippen molar-refractivity contribution in [2.24, 2.45) is 10.9 Å². The third-order valence-corrected chi connectivity index (χ3v) is 3.98. The Balaban J connectivity index is 2.43. The lowest BCUT2D eigenvalue weighted by atomic mass is 10.1. The normalized spacial score (nSPS) is 11.5. The number of hydrogen-bond acceptors (Lipinski definition) is 3. The molecular formula is C15H14BrFN2O2. The maximum absolute atomic E-state index is 14.3. The summed E-state index contributed by atoms with van der Waals surface area (Å²) in [5.41, 5.74) is 7.72. The van der Waals surface area contributed by atoms with E-state index in [0.29, 0.717) is 5.75 Å². The minimum Gasteiger partial charge on any atom is -0.454 e. The van der Waals surface area contributed by atoms with Gasteiger partial charge in [-0.25, -0.2) is 4.39 Å². The molecule has 110 valence electrons. The van der Waals surface area contributed by atoms with Crippen molar-refractivity contribution in [3.63, 3.8) is 0 Å². The first-order valence-electron chi connectivity index (χ1n) is 6.15. The molecule has 6 heteroatoms. The molecule has 0 heterocycles. The van der Waals surface area contributed by atoms with Crippen LogP contribution in [-0.2, 0) is 0 Å². The van der Waals surface area contributed by atoms with Gasteiger partial charge in [-0.1, -0.05) is 17.3 Å². The van der Waals surface area contributed by atoms with E-state index in [4.69, 9.17) is 15.7 Å². The number of oxime groups is 1. The number of ether oxygens (including phenoxy) is 1. The third kappa shape index (κ3) is 3.00. The highest BCUT2D eigenvalue weighted by molar-refractivity contribution is 9.10. The molecule has 0 amide bonds. The zero-order valence-electron chi connectivity index (χ0n) is 11.5. The molecule has 0 aliphatic carbocycles. The molecule has 2 aromatic rings. The molecular weight excluding hydrogens is 339 g/mol. The fraction of sp³-hybridized carbons (Fsp3) is 0.133. The Hall–Kier alpha value is -2.08. The third-order valence-electron chi connectivity index (χ3n) is 3.21. The summed E-state index contributed by atoms with van der Waals surface area (Å²) in [5, 5.41) is 11.5. The van der Waals surface area contributed by atoms with Crippen LogP contribution in [0.25, 0.3) is 0 Å². The van der Waals surface area contributed by atoms with Crippen molar-refractivity contribution in [1.29, 1.82) is 0 Å². The summed E-state index contributed by atoms with van der Waals surface area (Å²) in [6.07, 6.45) is 0. The van der Waals surface area contributed by atoms with Crippen LogP contribution in [0.5, 0.6) is 11.5 Å². The summed E-state index contributed by atoms with van der Waals surface area (Å²) < 4.78 is 20.0. The van der Waals surface area contributed by atoms with Gasteiger partial charge in [0, 0.05) is 5.56 Å². The van der Waals surface area contributed by atoms with Gasteiger partial charge in [0.1, 0.15) is 5.75 Å². The Kier molecular flexibility index (Phi) is 4.47. The standard InChI is InChI=1S/C15H14BrFN2O2/c1-8-4-3-5-11(9(8)2)21-12-7-6-10(15(18)19-20)13(16)14(12)17/h3-7,20H,1-2H3,(H2,18,19). The lowest BCUT2D eigenvalue weighted by molar-refractivity contribution is 0.318. The Bertz CT molecular complexity index is 717. The number of halogens is 2. The van der Waals surface area contributed by atoms with E-state index in [-0.39, 0.29) is 21.6 Å². The van der Waals surface area contributed by atoms with Crippen LogP contribution < -0.4 is 10.5 Å². The number of hydrogen-bond donors (Lipinski definition) is 2. The van der Waals surface area contributed by atoms with Crippen LogP contribution in [0.2, 0.25) is 0 Å². The molecule has 2 aromatic carbocycles. The molecule has 0 aliphatic heterocycles. The number of aryl methyl sites for hydroxylation is 1. The molecule has 0 bridgehead atoms. The predicted molar refractivity (Wildman–Crippen MR) is 82.6 cm³/mol. The van der Waals surface area contributed by atoms with Gasteiger partial charge in [-0.3, -0.25) is 0 Å². The van der Waals surface area contributed by atoms with Crippen LogP contribution in [0, 0.1) is 19.7 Å². The summed E-state index contributed by atoms with van der Waals surface area (Å²) in [4.78, 5) is 0. The fourth-order valence-electron chi connectivity index (χ4n) is 1.82. The number of nitrogens with two attached hydrogens (primary N) is 1. The van der Waals surface area contributed by atoms with Gasteiger partial charge < -0.3 is 15.7 Å². The van der Waals surface area contributed by atoms with E-state index in [1.807, 2.05) is 26.0 Å². The summed E-state index contributed by atoms with van der Waals surface area (Å²) >= 11 is 3.09. The van der Waals surface area contributed by atoms with Crippen molar-refractivity contribution in [2.45, 2.75) is 13.8 Å². The largest absolute Gasteiger partial charge is 0.454 e. The quantitative estimate of drug-likeness (QED) is 0.378. The molecule has 0 radical (unpaired) electrons. The topological polar surface area (TPSA) is 67.8 Å². The molecule has 0 saturated heterocycles. The highest BCUT2D eigenvalue weighted by Gasteiger charge is 2.16. The van der Waals surface area contributed by atoms with E-state index >= 15 is 0 Å². The van der Waals surface area contributed by atoms with Crippen molar-refractivity contribution in [1.82, 2.24) is 0 Å². The summed E-state index contributed by atoms with van der Waals surface area (Å²) in [5.74, 6) is -0.151. The maximum atomic E-state index is 14.3.